The highest BCUT2D eigenvalue weighted by molar-refractivity contribution is 5.64. The third-order valence-corrected chi connectivity index (χ3v) is 6.16. The van der Waals surface area contributed by atoms with Crippen molar-refractivity contribution in [3.05, 3.63) is 66.7 Å². The van der Waals surface area contributed by atoms with E-state index in [0.717, 1.165) is 62.7 Å². The van der Waals surface area contributed by atoms with Crippen molar-refractivity contribution in [1.29, 1.82) is 0 Å². The predicted octanol–water partition coefficient (Wildman–Crippen LogP) is 7.58. The van der Waals surface area contributed by atoms with Crippen LogP contribution in [0.1, 0.15) is 64.2 Å². The lowest BCUT2D eigenvalue weighted by Crippen LogP contribution is -2.27. The van der Waals surface area contributed by atoms with E-state index >= 15 is 0 Å². The van der Waals surface area contributed by atoms with Crippen LogP contribution < -0.4 is 4.74 Å². The molecule has 3 nitrogen and oxygen atoms in total. The lowest BCUT2D eigenvalue weighted by molar-refractivity contribution is -0.206. The fraction of sp³-hybridized carbons (Fsp3) is 0.500. The van der Waals surface area contributed by atoms with Crippen molar-refractivity contribution < 1.29 is 14.2 Å². The molecule has 2 aromatic rings. The van der Waals surface area contributed by atoms with E-state index in [9.17, 15) is 0 Å². The van der Waals surface area contributed by atoms with Gasteiger partial charge in [-0.3, -0.25) is 0 Å². The highest BCUT2D eigenvalue weighted by atomic mass is 16.7. The van der Waals surface area contributed by atoms with Crippen LogP contribution in [-0.4, -0.2) is 19.8 Å². The van der Waals surface area contributed by atoms with Crippen molar-refractivity contribution >= 4 is 0 Å². The van der Waals surface area contributed by atoms with Gasteiger partial charge in [0.05, 0.1) is 19.8 Å². The van der Waals surface area contributed by atoms with Crippen LogP contribution in [0.4, 0.5) is 0 Å². The van der Waals surface area contributed by atoms with Gasteiger partial charge in [0.25, 0.3) is 0 Å². The Labute approximate surface area is 188 Å². The van der Waals surface area contributed by atoms with Gasteiger partial charge in [-0.2, -0.15) is 0 Å². The van der Waals surface area contributed by atoms with Crippen molar-refractivity contribution in [3.8, 4) is 16.9 Å². The van der Waals surface area contributed by atoms with Crippen LogP contribution in [-0.2, 0) is 9.47 Å². The quantitative estimate of drug-likeness (QED) is 0.261. The minimum absolute atomic E-state index is 0.254. The van der Waals surface area contributed by atoms with Gasteiger partial charge in [-0.1, -0.05) is 62.7 Å². The fourth-order valence-electron chi connectivity index (χ4n) is 3.86. The lowest BCUT2D eigenvalue weighted by Gasteiger charge is -2.29. The molecule has 0 amide bonds. The van der Waals surface area contributed by atoms with Crippen LogP contribution in [0, 0.1) is 11.8 Å². The Balaban J connectivity index is 1.46. The Morgan fingerprint density at radius 3 is 2.26 bits per heavy atom. The van der Waals surface area contributed by atoms with Crippen molar-refractivity contribution in [2.75, 3.05) is 19.8 Å². The van der Waals surface area contributed by atoms with Crippen molar-refractivity contribution in [2.45, 2.75) is 58.7 Å². The lowest BCUT2D eigenvalue weighted by atomic mass is 10.0. The molecule has 1 atom stereocenters. The second-order valence-corrected chi connectivity index (χ2v) is 8.73. The number of hydrogen-bond donors (Lipinski definition) is 0. The monoisotopic (exact) mass is 422 g/mol. The number of ether oxygens (including phenoxy) is 3. The number of allylic oxidation sites excluding steroid dienone is 1. The summed E-state index contributed by atoms with van der Waals surface area (Å²) >= 11 is 0. The molecule has 1 unspecified atom stereocenters. The molecule has 0 aliphatic carbocycles. The van der Waals surface area contributed by atoms with Crippen molar-refractivity contribution in [3.63, 3.8) is 0 Å². The second kappa shape index (κ2) is 12.7. The van der Waals surface area contributed by atoms with E-state index in [1.54, 1.807) is 0 Å². The fourth-order valence-corrected chi connectivity index (χ4v) is 3.86. The highest BCUT2D eigenvalue weighted by Gasteiger charge is 2.23. The molecule has 1 heterocycles. The molecule has 1 aliphatic rings. The molecular formula is C28H38O3. The Morgan fingerprint density at radius 2 is 1.65 bits per heavy atom. The maximum absolute atomic E-state index is 5.97. The number of hydrogen-bond acceptors (Lipinski definition) is 3. The molecule has 0 saturated carbocycles. The first-order chi connectivity index (χ1) is 15.2. The van der Waals surface area contributed by atoms with E-state index in [0.29, 0.717) is 5.92 Å². The van der Waals surface area contributed by atoms with Gasteiger partial charge in [-0.25, -0.2) is 0 Å². The van der Waals surface area contributed by atoms with Crippen LogP contribution in [0.2, 0.25) is 0 Å². The molecule has 0 spiro atoms. The second-order valence-electron chi connectivity index (χ2n) is 8.73. The summed E-state index contributed by atoms with van der Waals surface area (Å²) in [5, 5.41) is 0. The highest BCUT2D eigenvalue weighted by Crippen LogP contribution is 2.29. The number of benzene rings is 2. The molecule has 168 valence electrons. The third kappa shape index (κ3) is 7.52. The average molecular weight is 423 g/mol. The maximum atomic E-state index is 5.97. The summed E-state index contributed by atoms with van der Waals surface area (Å²) in [6, 6.07) is 16.9. The molecule has 31 heavy (non-hydrogen) atoms. The summed E-state index contributed by atoms with van der Waals surface area (Å²) in [6.45, 7) is 10.6. The summed E-state index contributed by atoms with van der Waals surface area (Å²) in [5.41, 5.74) is 3.45. The minimum Gasteiger partial charge on any atom is -0.494 e. The maximum Gasteiger partial charge on any atom is 0.183 e. The topological polar surface area (TPSA) is 27.7 Å². The standard InChI is InChI=1S/C28H38O3/c1-4-6-7-10-23-20-30-28(31-21-23)26-13-11-24(12-14-26)25-15-17-27(18-16-25)29-19-8-9-22(3)5-2/h4,11-18,22-23,28H,1,5-10,19-21H2,2-3H3. The van der Waals surface area contributed by atoms with E-state index in [1.165, 1.54) is 24.0 Å². The van der Waals surface area contributed by atoms with Crippen LogP contribution in [0.25, 0.3) is 11.1 Å². The zero-order valence-corrected chi connectivity index (χ0v) is 19.2. The Morgan fingerprint density at radius 1 is 1.00 bits per heavy atom. The Hall–Kier alpha value is -2.10. The molecule has 3 rings (SSSR count). The zero-order chi connectivity index (χ0) is 21.9. The molecule has 1 aliphatic heterocycles. The average Bonchev–Trinajstić information content (AvgIpc) is 2.83. The van der Waals surface area contributed by atoms with Crippen molar-refractivity contribution in [2.24, 2.45) is 11.8 Å². The first kappa shape index (κ1) is 23.6. The van der Waals surface area contributed by atoms with Gasteiger partial charge >= 0.3 is 0 Å². The van der Waals surface area contributed by atoms with Crippen LogP contribution >= 0.6 is 0 Å². The van der Waals surface area contributed by atoms with E-state index in [4.69, 9.17) is 14.2 Å². The molecule has 1 saturated heterocycles. The predicted molar refractivity (Wildman–Crippen MR) is 128 cm³/mol. The normalized spacial score (nSPS) is 19.7. The summed E-state index contributed by atoms with van der Waals surface area (Å²) < 4.78 is 17.8. The molecule has 0 bridgehead atoms. The van der Waals surface area contributed by atoms with E-state index in [-0.39, 0.29) is 6.29 Å². The van der Waals surface area contributed by atoms with Crippen molar-refractivity contribution in [1.82, 2.24) is 0 Å². The summed E-state index contributed by atoms with van der Waals surface area (Å²) in [5.74, 6) is 2.21. The minimum atomic E-state index is -0.254. The number of rotatable bonds is 12. The van der Waals surface area contributed by atoms with Gasteiger partial charge in [-0.15, -0.1) is 6.58 Å². The van der Waals surface area contributed by atoms with Crippen LogP contribution in [0.5, 0.6) is 5.75 Å². The molecule has 1 fully saturated rings. The van der Waals surface area contributed by atoms with E-state index < -0.39 is 0 Å². The van der Waals surface area contributed by atoms with Gasteiger partial charge in [0.1, 0.15) is 5.75 Å². The SMILES string of the molecule is C=CCCCC1COC(c2ccc(-c3ccc(OCCCC(C)CC)cc3)cc2)OC1. The Kier molecular flexibility index (Phi) is 9.64. The molecule has 3 heteroatoms. The summed E-state index contributed by atoms with van der Waals surface area (Å²) in [6.07, 6.45) is 8.65. The largest absolute Gasteiger partial charge is 0.494 e. The molecule has 0 aromatic heterocycles. The van der Waals surface area contributed by atoms with E-state index in [1.807, 2.05) is 6.08 Å². The molecule has 0 radical (unpaired) electrons. The number of unbranched alkanes of at least 4 members (excludes halogenated alkanes) is 1. The van der Waals surface area contributed by atoms with Gasteiger partial charge in [0.15, 0.2) is 6.29 Å². The van der Waals surface area contributed by atoms with Gasteiger partial charge in [0.2, 0.25) is 0 Å². The van der Waals surface area contributed by atoms with E-state index in [2.05, 4.69) is 69.0 Å². The Bertz CT molecular complexity index is 758. The van der Waals surface area contributed by atoms with Gasteiger partial charge < -0.3 is 14.2 Å². The first-order valence-corrected chi connectivity index (χ1v) is 11.9. The zero-order valence-electron chi connectivity index (χ0n) is 19.2. The first-order valence-electron chi connectivity index (χ1n) is 11.9. The summed E-state index contributed by atoms with van der Waals surface area (Å²) in [7, 11) is 0. The van der Waals surface area contributed by atoms with Gasteiger partial charge in [0, 0.05) is 11.5 Å². The molecule has 2 aromatic carbocycles. The molecular weight excluding hydrogens is 384 g/mol. The third-order valence-electron chi connectivity index (χ3n) is 6.16. The molecule has 0 N–H and O–H groups in total. The van der Waals surface area contributed by atoms with Crippen LogP contribution in [0.3, 0.4) is 0 Å². The smallest absolute Gasteiger partial charge is 0.183 e. The summed E-state index contributed by atoms with van der Waals surface area (Å²) in [4.78, 5) is 0. The van der Waals surface area contributed by atoms with Gasteiger partial charge in [-0.05, 0) is 61.3 Å². The van der Waals surface area contributed by atoms with Crippen LogP contribution in [0.15, 0.2) is 61.2 Å².